The van der Waals surface area contributed by atoms with Gasteiger partial charge >= 0.3 is 0 Å². The Balaban J connectivity index is 1.93. The van der Waals surface area contributed by atoms with Gasteiger partial charge in [0.05, 0.1) is 29.0 Å². The number of rotatable bonds is 1. The minimum Gasteiger partial charge on any atom is -0.378 e. The second-order valence-electron chi connectivity index (χ2n) is 5.90. The molecule has 0 bridgehead atoms. The van der Waals surface area contributed by atoms with Crippen molar-refractivity contribution in [2.45, 2.75) is 31.5 Å². The van der Waals surface area contributed by atoms with Crippen LogP contribution in [0.3, 0.4) is 0 Å². The molecule has 2 aliphatic heterocycles. The second kappa shape index (κ2) is 5.84. The molecule has 1 aromatic carbocycles. The van der Waals surface area contributed by atoms with Crippen molar-refractivity contribution in [2.24, 2.45) is 0 Å². The van der Waals surface area contributed by atoms with Crippen molar-refractivity contribution in [3.8, 4) is 6.07 Å². The molecule has 0 aromatic heterocycles. The number of halogens is 1. The molecule has 0 amide bonds. The van der Waals surface area contributed by atoms with Gasteiger partial charge < -0.3 is 14.4 Å². The summed E-state index contributed by atoms with van der Waals surface area (Å²) in [4.78, 5) is 2.18. The molecular weight excluding hydrogens is 288 g/mol. The van der Waals surface area contributed by atoms with Crippen LogP contribution in [0, 0.1) is 11.3 Å². The monoisotopic (exact) mass is 306 g/mol. The molecule has 0 aliphatic carbocycles. The molecule has 2 saturated heterocycles. The van der Waals surface area contributed by atoms with Gasteiger partial charge in [0, 0.05) is 19.7 Å². The molecule has 112 valence electrons. The van der Waals surface area contributed by atoms with Crippen LogP contribution in [0.15, 0.2) is 18.2 Å². The molecule has 4 nitrogen and oxygen atoms in total. The molecule has 21 heavy (non-hydrogen) atoms. The molecule has 2 atom stereocenters. The first kappa shape index (κ1) is 14.6. The fourth-order valence-electron chi connectivity index (χ4n) is 3.37. The maximum absolute atomic E-state index is 9.35. The normalized spacial score (nSPS) is 29.4. The lowest BCUT2D eigenvalue weighted by Crippen LogP contribution is -2.58. The maximum Gasteiger partial charge on any atom is 0.109 e. The minimum atomic E-state index is -0.276. The lowest BCUT2D eigenvalue weighted by molar-refractivity contribution is -0.160. The van der Waals surface area contributed by atoms with Gasteiger partial charge in [0.1, 0.15) is 11.7 Å². The molecule has 2 aliphatic rings. The zero-order valence-electron chi connectivity index (χ0n) is 12.1. The van der Waals surface area contributed by atoms with Crippen LogP contribution in [-0.4, -0.2) is 38.0 Å². The third kappa shape index (κ3) is 2.87. The number of benzene rings is 1. The van der Waals surface area contributed by atoms with Crippen LogP contribution in [0.1, 0.15) is 25.3 Å². The molecule has 0 radical (unpaired) electrons. The van der Waals surface area contributed by atoms with E-state index in [4.69, 9.17) is 21.1 Å². The summed E-state index contributed by atoms with van der Waals surface area (Å²) in [5.41, 5.74) is 1.16. The van der Waals surface area contributed by atoms with Gasteiger partial charge in [-0.2, -0.15) is 5.26 Å². The average molecular weight is 307 g/mol. The molecule has 0 N–H and O–H groups in total. The minimum absolute atomic E-state index is 0.0864. The van der Waals surface area contributed by atoms with Crippen molar-refractivity contribution >= 4 is 17.3 Å². The van der Waals surface area contributed by atoms with Crippen molar-refractivity contribution in [1.82, 2.24) is 0 Å². The Kier molecular flexibility index (Phi) is 4.08. The molecule has 2 fully saturated rings. The Morgan fingerprint density at radius 1 is 1.48 bits per heavy atom. The topological polar surface area (TPSA) is 45.5 Å². The average Bonchev–Trinajstić information content (AvgIpc) is 2.46. The lowest BCUT2D eigenvalue weighted by atomic mass is 9.92. The summed E-state index contributed by atoms with van der Waals surface area (Å²) in [5, 5.41) is 9.97. The number of ether oxygens (including phenoxy) is 2. The van der Waals surface area contributed by atoms with Gasteiger partial charge in [0.15, 0.2) is 0 Å². The largest absolute Gasteiger partial charge is 0.378 e. The number of hydrogen-bond donors (Lipinski definition) is 0. The number of nitriles is 1. The highest BCUT2D eigenvalue weighted by atomic mass is 35.5. The predicted molar refractivity (Wildman–Crippen MR) is 81.7 cm³/mol. The summed E-state index contributed by atoms with van der Waals surface area (Å²) < 4.78 is 11.8. The van der Waals surface area contributed by atoms with E-state index in [9.17, 15) is 5.26 Å². The lowest BCUT2D eigenvalue weighted by Gasteiger charge is -2.48. The molecule has 3 rings (SSSR count). The van der Waals surface area contributed by atoms with E-state index in [1.54, 1.807) is 0 Å². The van der Waals surface area contributed by atoms with Crippen LogP contribution >= 0.6 is 11.6 Å². The number of morpholine rings is 1. The van der Waals surface area contributed by atoms with Crippen molar-refractivity contribution < 1.29 is 9.47 Å². The van der Waals surface area contributed by atoms with E-state index in [0.29, 0.717) is 17.2 Å². The number of hydrogen-bond acceptors (Lipinski definition) is 4. The highest BCUT2D eigenvalue weighted by Gasteiger charge is 2.42. The molecule has 0 saturated carbocycles. The summed E-state index contributed by atoms with van der Waals surface area (Å²) in [6.45, 7) is 4.93. The Hall–Kier alpha value is -1.28. The standard InChI is InChI=1S/C16H19ClN2O2/c1-12-9-19(10-16(21-12)6-3-7-20-11-16)15-13(8-18)4-2-5-14(15)17/h2,4-5,12H,3,6-7,9-11H2,1H3/t12-,16+/m0/s1. The highest BCUT2D eigenvalue weighted by Crippen LogP contribution is 2.36. The van der Waals surface area contributed by atoms with E-state index < -0.39 is 0 Å². The van der Waals surface area contributed by atoms with Crippen LogP contribution in [-0.2, 0) is 9.47 Å². The second-order valence-corrected chi connectivity index (χ2v) is 6.30. The van der Waals surface area contributed by atoms with E-state index in [1.807, 2.05) is 18.2 Å². The molecule has 0 unspecified atom stereocenters. The first-order valence-electron chi connectivity index (χ1n) is 7.33. The maximum atomic E-state index is 9.35. The van der Waals surface area contributed by atoms with Gasteiger partial charge in [-0.25, -0.2) is 0 Å². The van der Waals surface area contributed by atoms with Gasteiger partial charge in [-0.1, -0.05) is 17.7 Å². The predicted octanol–water partition coefficient (Wildman–Crippen LogP) is 2.99. The third-order valence-electron chi connectivity index (χ3n) is 4.12. The number of anilines is 1. The van der Waals surface area contributed by atoms with Crippen LogP contribution in [0.5, 0.6) is 0 Å². The zero-order chi connectivity index (χ0) is 14.9. The van der Waals surface area contributed by atoms with E-state index in [1.165, 1.54) is 0 Å². The van der Waals surface area contributed by atoms with Crippen molar-refractivity contribution in [3.05, 3.63) is 28.8 Å². The smallest absolute Gasteiger partial charge is 0.109 e. The van der Waals surface area contributed by atoms with Crippen LogP contribution in [0.2, 0.25) is 5.02 Å². The first-order chi connectivity index (χ1) is 10.1. The Morgan fingerprint density at radius 2 is 2.33 bits per heavy atom. The van der Waals surface area contributed by atoms with Gasteiger partial charge in [-0.15, -0.1) is 0 Å². The van der Waals surface area contributed by atoms with Gasteiger partial charge in [0.25, 0.3) is 0 Å². The van der Waals surface area contributed by atoms with Crippen LogP contribution in [0.25, 0.3) is 0 Å². The summed E-state index contributed by atoms with van der Waals surface area (Å²) in [7, 11) is 0. The fraction of sp³-hybridized carbons (Fsp3) is 0.562. The molecular formula is C16H19ClN2O2. The first-order valence-corrected chi connectivity index (χ1v) is 7.70. The molecule has 1 aromatic rings. The Morgan fingerprint density at radius 3 is 3.05 bits per heavy atom. The van der Waals surface area contributed by atoms with Gasteiger partial charge in [-0.05, 0) is 31.9 Å². The fourth-order valence-corrected chi connectivity index (χ4v) is 3.66. The highest BCUT2D eigenvalue weighted by molar-refractivity contribution is 6.33. The Bertz CT molecular complexity index is 564. The van der Waals surface area contributed by atoms with Gasteiger partial charge in [-0.3, -0.25) is 0 Å². The SMILES string of the molecule is C[C@H]1CN(c2c(Cl)cccc2C#N)C[C@@]2(CCCOC2)O1. The summed E-state index contributed by atoms with van der Waals surface area (Å²) in [5.74, 6) is 0. The van der Waals surface area contributed by atoms with Crippen molar-refractivity contribution in [3.63, 3.8) is 0 Å². The zero-order valence-corrected chi connectivity index (χ0v) is 12.9. The summed E-state index contributed by atoms with van der Waals surface area (Å²) >= 11 is 6.35. The third-order valence-corrected chi connectivity index (χ3v) is 4.42. The summed E-state index contributed by atoms with van der Waals surface area (Å²) in [6.07, 6.45) is 2.08. The Labute approximate surface area is 130 Å². The molecule has 5 heteroatoms. The number of nitrogens with zero attached hydrogens (tertiary/aromatic N) is 2. The van der Waals surface area contributed by atoms with Crippen LogP contribution in [0.4, 0.5) is 5.69 Å². The number of para-hydroxylation sites is 1. The van der Waals surface area contributed by atoms with Crippen LogP contribution < -0.4 is 4.90 Å². The van der Waals surface area contributed by atoms with Crippen molar-refractivity contribution in [2.75, 3.05) is 31.2 Å². The van der Waals surface area contributed by atoms with E-state index in [-0.39, 0.29) is 11.7 Å². The van der Waals surface area contributed by atoms with E-state index in [0.717, 1.165) is 38.2 Å². The van der Waals surface area contributed by atoms with E-state index >= 15 is 0 Å². The van der Waals surface area contributed by atoms with E-state index in [2.05, 4.69) is 17.9 Å². The van der Waals surface area contributed by atoms with Gasteiger partial charge in [0.2, 0.25) is 0 Å². The quantitative estimate of drug-likeness (QED) is 0.800. The van der Waals surface area contributed by atoms with Crippen molar-refractivity contribution in [1.29, 1.82) is 5.26 Å². The summed E-state index contributed by atoms with van der Waals surface area (Å²) in [6, 6.07) is 7.70. The molecule has 1 spiro atoms. The molecule has 2 heterocycles.